The van der Waals surface area contributed by atoms with Gasteiger partial charge in [-0.15, -0.1) is 5.10 Å². The van der Waals surface area contributed by atoms with E-state index in [0.29, 0.717) is 5.82 Å². The minimum atomic E-state index is -4.52. The monoisotopic (exact) mass is 358 g/mol. The second-order valence-electron chi connectivity index (χ2n) is 5.12. The maximum absolute atomic E-state index is 12.4. The molecule has 136 valence electrons. The molecule has 1 aliphatic rings. The first-order valence-corrected chi connectivity index (χ1v) is 6.97. The number of nitrogens with one attached hydrogen (secondary N) is 2. The molecule has 2 N–H and O–H groups in total. The first-order chi connectivity index (χ1) is 11.7. The molecule has 0 saturated carbocycles. The highest BCUT2D eigenvalue weighted by molar-refractivity contribution is 5.92. The van der Waals surface area contributed by atoms with Gasteiger partial charge in [0, 0.05) is 20.2 Å². The molecule has 0 unspecified atom stereocenters. The van der Waals surface area contributed by atoms with Crippen LogP contribution in [0.5, 0.6) is 0 Å². The molecule has 0 bridgehead atoms. The van der Waals surface area contributed by atoms with Gasteiger partial charge in [0.15, 0.2) is 6.61 Å². The number of rotatable bonds is 4. The standard InChI is InChI=1S/C14H16F3N5O3/c1-21(2)11-7-12(25-8-14(15,16)17)20-22(19-11)10-6-4-3-5-9(10)18-13(23)24/h3-7,18-19H,8H2,1-2H3,(H,23,24)/p-1. The number of halogens is 3. The minimum Gasteiger partial charge on any atom is -0.530 e. The molecule has 0 fully saturated rings. The van der Waals surface area contributed by atoms with E-state index in [4.69, 9.17) is 4.74 Å². The van der Waals surface area contributed by atoms with Gasteiger partial charge in [0.05, 0.1) is 5.69 Å². The van der Waals surface area contributed by atoms with Crippen LogP contribution in [0.15, 0.2) is 41.3 Å². The normalized spacial score (nSPS) is 14.2. The summed E-state index contributed by atoms with van der Waals surface area (Å²) in [5, 5.41) is 17.9. The highest BCUT2D eigenvalue weighted by Crippen LogP contribution is 2.26. The number of ether oxygens (including phenoxy) is 1. The molecule has 0 atom stereocenters. The Kier molecular flexibility index (Phi) is 5.25. The van der Waals surface area contributed by atoms with E-state index in [9.17, 15) is 23.1 Å². The number of carbonyl (C=O) groups excluding carboxylic acids is 1. The summed E-state index contributed by atoms with van der Waals surface area (Å²) in [6, 6.07) is 6.15. The fourth-order valence-corrected chi connectivity index (χ4v) is 1.85. The molecule has 0 saturated heterocycles. The fourth-order valence-electron chi connectivity index (χ4n) is 1.85. The number of hydrazine groups is 1. The van der Waals surface area contributed by atoms with Crippen LogP contribution in [0.1, 0.15) is 0 Å². The lowest BCUT2D eigenvalue weighted by molar-refractivity contribution is -0.242. The quantitative estimate of drug-likeness (QED) is 0.836. The van der Waals surface area contributed by atoms with Crippen molar-refractivity contribution in [2.75, 3.05) is 31.1 Å². The van der Waals surface area contributed by atoms with Crippen molar-refractivity contribution in [1.82, 2.24) is 10.3 Å². The molecule has 1 aromatic carbocycles. The molecule has 0 aromatic heterocycles. The van der Waals surface area contributed by atoms with Gasteiger partial charge in [-0.25, -0.2) is 0 Å². The summed E-state index contributed by atoms with van der Waals surface area (Å²) in [5.74, 6) is 0.0958. The van der Waals surface area contributed by atoms with Crippen molar-refractivity contribution in [1.29, 1.82) is 0 Å². The van der Waals surface area contributed by atoms with E-state index in [0.717, 1.165) is 5.12 Å². The summed E-state index contributed by atoms with van der Waals surface area (Å²) >= 11 is 0. The van der Waals surface area contributed by atoms with E-state index in [1.807, 2.05) is 0 Å². The molecular formula is C14H15F3N5O3-. The molecule has 1 heterocycles. The third-order valence-electron chi connectivity index (χ3n) is 2.91. The van der Waals surface area contributed by atoms with Crippen molar-refractivity contribution in [3.8, 4) is 0 Å². The lowest BCUT2D eigenvalue weighted by atomic mass is 10.2. The Morgan fingerprint density at radius 1 is 1.40 bits per heavy atom. The van der Waals surface area contributed by atoms with Crippen LogP contribution in [0, 0.1) is 0 Å². The van der Waals surface area contributed by atoms with Gasteiger partial charge in [-0.2, -0.15) is 18.3 Å². The first-order valence-electron chi connectivity index (χ1n) is 6.97. The number of hydrogen-bond acceptors (Lipinski definition) is 7. The number of para-hydroxylation sites is 2. The van der Waals surface area contributed by atoms with Crippen molar-refractivity contribution in [3.05, 3.63) is 36.2 Å². The lowest BCUT2D eigenvalue weighted by Gasteiger charge is -2.31. The van der Waals surface area contributed by atoms with Crippen molar-refractivity contribution in [3.63, 3.8) is 0 Å². The van der Waals surface area contributed by atoms with Gasteiger partial charge in [-0.05, 0) is 12.1 Å². The third-order valence-corrected chi connectivity index (χ3v) is 2.91. The van der Waals surface area contributed by atoms with Gasteiger partial charge >= 0.3 is 6.18 Å². The Morgan fingerprint density at radius 2 is 2.08 bits per heavy atom. The number of nitrogens with zero attached hydrogens (tertiary/aromatic N) is 3. The van der Waals surface area contributed by atoms with E-state index >= 15 is 0 Å². The highest BCUT2D eigenvalue weighted by atomic mass is 19.4. The molecule has 11 heteroatoms. The minimum absolute atomic E-state index is 0.133. The molecule has 1 amide bonds. The number of hydrazone groups is 1. The lowest BCUT2D eigenvalue weighted by Crippen LogP contribution is -2.43. The maximum atomic E-state index is 12.4. The molecular weight excluding hydrogens is 343 g/mol. The summed E-state index contributed by atoms with van der Waals surface area (Å²) in [4.78, 5) is 12.4. The SMILES string of the molecule is CN(C)C1=CC(OCC(F)(F)F)=NN(c2ccccc2NC(=O)[O-])N1. The van der Waals surface area contributed by atoms with E-state index in [2.05, 4.69) is 15.8 Å². The van der Waals surface area contributed by atoms with Gasteiger partial charge < -0.3 is 24.9 Å². The zero-order valence-corrected chi connectivity index (χ0v) is 13.3. The number of anilines is 2. The predicted molar refractivity (Wildman–Crippen MR) is 82.3 cm³/mol. The van der Waals surface area contributed by atoms with Crippen LogP contribution < -0.4 is 21.0 Å². The van der Waals surface area contributed by atoms with E-state index in [-0.39, 0.29) is 17.3 Å². The van der Waals surface area contributed by atoms with Crippen molar-refractivity contribution in [2.45, 2.75) is 6.18 Å². The van der Waals surface area contributed by atoms with Crippen LogP contribution in [0.2, 0.25) is 0 Å². The molecule has 2 rings (SSSR count). The number of amides is 1. The Labute approximate surface area is 141 Å². The van der Waals surface area contributed by atoms with Crippen LogP contribution in [0.4, 0.5) is 29.3 Å². The second-order valence-corrected chi connectivity index (χ2v) is 5.12. The average Bonchev–Trinajstić information content (AvgIpc) is 2.52. The number of carbonyl (C=O) groups is 1. The van der Waals surface area contributed by atoms with E-state index in [1.165, 1.54) is 18.2 Å². The van der Waals surface area contributed by atoms with E-state index < -0.39 is 18.9 Å². The van der Waals surface area contributed by atoms with Crippen LogP contribution in [-0.2, 0) is 4.74 Å². The topological polar surface area (TPSA) is 92.3 Å². The van der Waals surface area contributed by atoms with Crippen LogP contribution in [0.3, 0.4) is 0 Å². The maximum Gasteiger partial charge on any atom is 0.422 e. The third kappa shape index (κ3) is 5.19. The number of carboxylic acid groups (broad SMARTS) is 1. The fraction of sp³-hybridized carbons (Fsp3) is 0.286. The summed E-state index contributed by atoms with van der Waals surface area (Å²) in [7, 11) is 3.32. The largest absolute Gasteiger partial charge is 0.530 e. The van der Waals surface area contributed by atoms with Crippen LogP contribution >= 0.6 is 0 Å². The molecule has 1 aromatic rings. The first kappa shape index (κ1) is 18.2. The van der Waals surface area contributed by atoms with Gasteiger partial charge in [-0.1, -0.05) is 12.1 Å². The Hall–Kier alpha value is -3.11. The summed E-state index contributed by atoms with van der Waals surface area (Å²) in [5.41, 5.74) is 3.20. The zero-order valence-electron chi connectivity index (χ0n) is 13.3. The molecule has 25 heavy (non-hydrogen) atoms. The molecule has 0 aliphatic carbocycles. The highest BCUT2D eigenvalue weighted by Gasteiger charge is 2.30. The Bertz CT molecular complexity index is 703. The zero-order chi connectivity index (χ0) is 18.6. The van der Waals surface area contributed by atoms with E-state index in [1.54, 1.807) is 31.1 Å². The predicted octanol–water partition coefficient (Wildman–Crippen LogP) is 1.06. The van der Waals surface area contributed by atoms with Gasteiger partial charge in [0.1, 0.15) is 17.6 Å². The number of alkyl halides is 3. The van der Waals surface area contributed by atoms with Gasteiger partial charge in [-0.3, -0.25) is 5.43 Å². The van der Waals surface area contributed by atoms with Gasteiger partial charge in [0.25, 0.3) is 0 Å². The molecule has 0 spiro atoms. The Morgan fingerprint density at radius 3 is 2.68 bits per heavy atom. The van der Waals surface area contributed by atoms with Crippen LogP contribution in [0.25, 0.3) is 0 Å². The molecule has 1 aliphatic heterocycles. The van der Waals surface area contributed by atoms with Crippen molar-refractivity contribution >= 4 is 23.4 Å². The number of benzene rings is 1. The Balaban J connectivity index is 2.32. The van der Waals surface area contributed by atoms with Gasteiger partial charge in [0.2, 0.25) is 5.90 Å². The summed E-state index contributed by atoms with van der Waals surface area (Å²) in [6.07, 6.45) is -4.76. The van der Waals surface area contributed by atoms with Crippen LogP contribution in [-0.4, -0.2) is 43.8 Å². The summed E-state index contributed by atoms with van der Waals surface area (Å²) in [6.45, 7) is -1.50. The number of hydrogen-bond donors (Lipinski definition) is 2. The van der Waals surface area contributed by atoms with Crippen molar-refractivity contribution < 1.29 is 27.8 Å². The summed E-state index contributed by atoms with van der Waals surface area (Å²) < 4.78 is 41.8. The van der Waals surface area contributed by atoms with Crippen molar-refractivity contribution in [2.24, 2.45) is 5.10 Å². The smallest absolute Gasteiger partial charge is 0.422 e. The second kappa shape index (κ2) is 7.20. The average molecular weight is 358 g/mol. The molecule has 8 nitrogen and oxygen atoms in total. The molecule has 0 radical (unpaired) electrons.